The summed E-state index contributed by atoms with van der Waals surface area (Å²) in [6, 6.07) is 9.86. The van der Waals surface area contributed by atoms with E-state index in [1.54, 1.807) is 0 Å². The minimum atomic E-state index is -0.0509. The molecule has 1 aromatic heterocycles. The molecule has 0 aliphatic carbocycles. The summed E-state index contributed by atoms with van der Waals surface area (Å²) in [4.78, 5) is 12.5. The summed E-state index contributed by atoms with van der Waals surface area (Å²) in [5.74, 6) is 0.878. The number of amides is 1. The normalized spacial score (nSPS) is 10.6. The minimum absolute atomic E-state index is 0. The third-order valence-corrected chi connectivity index (χ3v) is 6.58. The number of aromatic nitrogens is 1. The number of ether oxygens (including phenoxy) is 1. The highest BCUT2D eigenvalue weighted by atomic mass is 127. The van der Waals surface area contributed by atoms with E-state index in [2.05, 4.69) is 32.2 Å². The van der Waals surface area contributed by atoms with Crippen molar-refractivity contribution in [2.24, 2.45) is 0 Å². The van der Waals surface area contributed by atoms with E-state index in [9.17, 15) is 4.79 Å². The van der Waals surface area contributed by atoms with Gasteiger partial charge in [0, 0.05) is 12.6 Å². The molecule has 0 aliphatic rings. The van der Waals surface area contributed by atoms with Crippen LogP contribution in [0.3, 0.4) is 0 Å². The zero-order valence-electron chi connectivity index (χ0n) is 22.3. The lowest BCUT2D eigenvalue weighted by atomic mass is 10.1. The van der Waals surface area contributed by atoms with Crippen molar-refractivity contribution in [1.82, 2.24) is 5.32 Å². The molecule has 5 heteroatoms. The molecule has 0 radical (unpaired) electrons. The van der Waals surface area contributed by atoms with Crippen LogP contribution in [0.5, 0.6) is 5.75 Å². The number of carbonyl (C=O) groups is 1. The van der Waals surface area contributed by atoms with Gasteiger partial charge in [-0.05, 0) is 43.5 Å². The molecule has 196 valence electrons. The number of nitrogens with one attached hydrogen (secondary N) is 1. The van der Waals surface area contributed by atoms with Crippen molar-refractivity contribution in [3.63, 3.8) is 0 Å². The number of aryl methyl sites for hydroxylation is 1. The predicted octanol–water partition coefficient (Wildman–Crippen LogP) is 4.32. The van der Waals surface area contributed by atoms with Crippen LogP contribution in [0, 0.1) is 6.92 Å². The fourth-order valence-electron chi connectivity index (χ4n) is 4.26. The van der Waals surface area contributed by atoms with Crippen LogP contribution in [0.1, 0.15) is 112 Å². The van der Waals surface area contributed by atoms with Crippen molar-refractivity contribution in [1.29, 1.82) is 0 Å². The SMILES string of the molecule is CCCCCCCCCCCCCCOc1cccc(CNC(=O)c2ccc[n+](CC)c2)c1C.[I-]. The first kappa shape index (κ1) is 31.4. The van der Waals surface area contributed by atoms with Gasteiger partial charge in [-0.15, -0.1) is 0 Å². The maximum absolute atomic E-state index is 12.5. The Hall–Kier alpha value is -1.63. The Kier molecular flexibility index (Phi) is 17.5. The van der Waals surface area contributed by atoms with Gasteiger partial charge in [0.2, 0.25) is 0 Å². The van der Waals surface area contributed by atoms with Crippen LogP contribution in [-0.2, 0) is 13.1 Å². The van der Waals surface area contributed by atoms with Gasteiger partial charge < -0.3 is 34.0 Å². The maximum Gasteiger partial charge on any atom is 0.257 e. The van der Waals surface area contributed by atoms with Crippen molar-refractivity contribution in [3.8, 4) is 5.75 Å². The fraction of sp³-hybridized carbons (Fsp3) is 0.600. The monoisotopic (exact) mass is 594 g/mol. The molecule has 0 fully saturated rings. The fourth-order valence-corrected chi connectivity index (χ4v) is 4.26. The van der Waals surface area contributed by atoms with Crippen LogP contribution >= 0.6 is 0 Å². The zero-order valence-corrected chi connectivity index (χ0v) is 24.4. The van der Waals surface area contributed by atoms with Gasteiger partial charge in [0.05, 0.1) is 6.61 Å². The van der Waals surface area contributed by atoms with E-state index >= 15 is 0 Å². The van der Waals surface area contributed by atoms with E-state index in [0.29, 0.717) is 12.1 Å². The van der Waals surface area contributed by atoms with Crippen LogP contribution in [-0.4, -0.2) is 12.5 Å². The molecule has 0 spiro atoms. The van der Waals surface area contributed by atoms with Gasteiger partial charge in [-0.25, -0.2) is 4.57 Å². The number of benzene rings is 1. The highest BCUT2D eigenvalue weighted by molar-refractivity contribution is 5.93. The second kappa shape index (κ2) is 19.5. The van der Waals surface area contributed by atoms with E-state index in [-0.39, 0.29) is 29.9 Å². The molecule has 0 saturated carbocycles. The lowest BCUT2D eigenvalue weighted by Crippen LogP contribution is -3.00. The number of nitrogens with zero attached hydrogens (tertiary/aromatic N) is 1. The smallest absolute Gasteiger partial charge is 0.257 e. The van der Waals surface area contributed by atoms with E-state index in [0.717, 1.165) is 36.4 Å². The quantitative estimate of drug-likeness (QED) is 0.159. The third kappa shape index (κ3) is 12.8. The molecule has 2 aromatic rings. The molecule has 35 heavy (non-hydrogen) atoms. The first-order valence-corrected chi connectivity index (χ1v) is 13.6. The van der Waals surface area contributed by atoms with Gasteiger partial charge in [-0.1, -0.05) is 89.7 Å². The summed E-state index contributed by atoms with van der Waals surface area (Å²) in [6.45, 7) is 8.52. The van der Waals surface area contributed by atoms with Crippen molar-refractivity contribution in [3.05, 3.63) is 59.4 Å². The molecular formula is C30H47IN2O2. The maximum atomic E-state index is 12.5. The Balaban J connectivity index is 0.00000612. The number of hydrogen-bond acceptors (Lipinski definition) is 2. The Morgan fingerprint density at radius 3 is 2.11 bits per heavy atom. The molecule has 1 aromatic carbocycles. The standard InChI is InChI=1S/C30H46N2O2.HI/c1-4-6-7-8-9-10-11-12-13-14-15-16-23-34-29-21-17-19-27(26(29)3)24-31-30(33)28-20-18-22-32(5-2)25-28;/h17-22,25H,4-16,23-24H2,1-3H3;1H. The average molecular weight is 595 g/mol. The lowest BCUT2D eigenvalue weighted by Gasteiger charge is -2.13. The van der Waals surface area contributed by atoms with Crippen molar-refractivity contribution >= 4 is 5.91 Å². The topological polar surface area (TPSA) is 42.2 Å². The Bertz CT molecular complexity index is 841. The second-order valence-electron chi connectivity index (χ2n) is 9.38. The molecule has 0 atom stereocenters. The number of halogens is 1. The van der Waals surface area contributed by atoms with Crippen molar-refractivity contribution < 1.29 is 38.1 Å². The van der Waals surface area contributed by atoms with Crippen molar-refractivity contribution in [2.75, 3.05) is 6.61 Å². The molecule has 1 heterocycles. The minimum Gasteiger partial charge on any atom is -1.00 e. The summed E-state index contributed by atoms with van der Waals surface area (Å²) < 4.78 is 8.08. The van der Waals surface area contributed by atoms with Crippen LogP contribution in [0.4, 0.5) is 0 Å². The molecule has 0 unspecified atom stereocenters. The molecule has 0 bridgehead atoms. The number of carbonyl (C=O) groups excluding carboxylic acids is 1. The largest absolute Gasteiger partial charge is 1.00 e. The van der Waals surface area contributed by atoms with Crippen LogP contribution in [0.15, 0.2) is 42.7 Å². The summed E-state index contributed by atoms with van der Waals surface area (Å²) >= 11 is 0. The summed E-state index contributed by atoms with van der Waals surface area (Å²) in [5, 5.41) is 3.04. The van der Waals surface area contributed by atoms with Crippen LogP contribution in [0.25, 0.3) is 0 Å². The number of unbranched alkanes of at least 4 members (excludes halogenated alkanes) is 11. The first-order valence-electron chi connectivity index (χ1n) is 13.6. The van der Waals surface area contributed by atoms with E-state index in [1.165, 1.54) is 70.6 Å². The molecule has 0 aliphatic heterocycles. The van der Waals surface area contributed by atoms with E-state index < -0.39 is 0 Å². The number of hydrogen-bond donors (Lipinski definition) is 1. The van der Waals surface area contributed by atoms with Gasteiger partial charge in [-0.2, -0.15) is 0 Å². The number of pyridine rings is 1. The summed E-state index contributed by atoms with van der Waals surface area (Å²) in [7, 11) is 0. The van der Waals surface area contributed by atoms with Crippen LogP contribution in [0.2, 0.25) is 0 Å². The molecule has 2 rings (SSSR count). The highest BCUT2D eigenvalue weighted by Crippen LogP contribution is 2.22. The Morgan fingerprint density at radius 2 is 1.49 bits per heavy atom. The predicted molar refractivity (Wildman–Crippen MR) is 141 cm³/mol. The molecule has 4 nitrogen and oxygen atoms in total. The molecule has 1 amide bonds. The van der Waals surface area contributed by atoms with Crippen molar-refractivity contribution in [2.45, 2.75) is 111 Å². The summed E-state index contributed by atoms with van der Waals surface area (Å²) in [6.07, 6.45) is 20.0. The average Bonchev–Trinajstić information content (AvgIpc) is 2.86. The zero-order chi connectivity index (χ0) is 24.4. The first-order chi connectivity index (χ1) is 16.7. The summed E-state index contributed by atoms with van der Waals surface area (Å²) in [5.41, 5.74) is 2.89. The Morgan fingerprint density at radius 1 is 0.857 bits per heavy atom. The Labute approximate surface area is 231 Å². The highest BCUT2D eigenvalue weighted by Gasteiger charge is 2.11. The van der Waals surface area contributed by atoms with Gasteiger partial charge in [0.1, 0.15) is 17.9 Å². The molecule has 0 saturated heterocycles. The third-order valence-electron chi connectivity index (χ3n) is 6.58. The van der Waals surface area contributed by atoms with Gasteiger partial charge in [0.25, 0.3) is 5.91 Å². The van der Waals surface area contributed by atoms with E-state index in [1.807, 2.05) is 41.2 Å². The number of rotatable bonds is 18. The van der Waals surface area contributed by atoms with Gasteiger partial charge in [0.15, 0.2) is 12.4 Å². The lowest BCUT2D eigenvalue weighted by molar-refractivity contribution is -0.693. The van der Waals surface area contributed by atoms with Gasteiger partial charge >= 0.3 is 0 Å². The molecule has 1 N–H and O–H groups in total. The van der Waals surface area contributed by atoms with Crippen LogP contribution < -0.4 is 38.6 Å². The van der Waals surface area contributed by atoms with E-state index in [4.69, 9.17) is 4.74 Å². The van der Waals surface area contributed by atoms with Gasteiger partial charge in [-0.3, -0.25) is 4.79 Å². The second-order valence-corrected chi connectivity index (χ2v) is 9.38. The molecular weight excluding hydrogens is 547 g/mol.